The van der Waals surface area contributed by atoms with Crippen molar-refractivity contribution in [2.75, 3.05) is 59.1 Å². The summed E-state index contributed by atoms with van der Waals surface area (Å²) in [6, 6.07) is 0. The molecule has 1 N–H and O–H groups in total. The first-order valence-electron chi connectivity index (χ1n) is 22.8. The highest BCUT2D eigenvalue weighted by Gasteiger charge is 2.22. The van der Waals surface area contributed by atoms with E-state index >= 15 is 0 Å². The van der Waals surface area contributed by atoms with Gasteiger partial charge in [-0.2, -0.15) is 0 Å². The zero-order valence-electron chi connectivity index (χ0n) is 35.0. The molecule has 0 spiro atoms. The van der Waals surface area contributed by atoms with Crippen LogP contribution >= 0.6 is 0 Å². The van der Waals surface area contributed by atoms with Gasteiger partial charge in [0.25, 0.3) is 0 Å². The highest BCUT2D eigenvalue weighted by molar-refractivity contribution is 5.69. The van der Waals surface area contributed by atoms with Crippen LogP contribution in [0.2, 0.25) is 0 Å². The molecule has 53 heavy (non-hydrogen) atoms. The molecular weight excluding hydrogens is 661 g/mol. The third kappa shape index (κ3) is 33.4. The van der Waals surface area contributed by atoms with E-state index in [1.807, 2.05) is 0 Å². The zero-order valence-corrected chi connectivity index (χ0v) is 35.0. The number of aliphatic hydroxyl groups excluding tert-OH is 1. The molecule has 7 heteroatoms. The number of ether oxygens (including phenoxy) is 2. The van der Waals surface area contributed by atoms with Gasteiger partial charge in [-0.1, -0.05) is 141 Å². The maximum Gasteiger partial charge on any atom is 0.305 e. The Kier molecular flexibility index (Phi) is 35.9. The van der Waals surface area contributed by atoms with Crippen molar-refractivity contribution in [2.24, 2.45) is 5.92 Å². The smallest absolute Gasteiger partial charge is 0.305 e. The molecule has 0 aromatic carbocycles. The molecule has 0 amide bonds. The number of carbonyl (C=O) groups is 2. The standard InChI is InChI=1S/C46H86N2O5/c1-3-5-7-9-11-13-15-17-19-21-23-25-27-29-31-33-45(50)52-42-44(41-48-37-35-47(36-38-48)39-40-49)43-53-46(51)34-32-30-28-26-24-22-20-18-16-14-12-10-8-6-4-2/h17-20,44,49H,3-16,21-43H2,1-2H3/b19-17-,20-18-. The van der Waals surface area contributed by atoms with Crippen LogP contribution in [0.4, 0.5) is 0 Å². The SMILES string of the molecule is CCCCCCCC/C=C\CCCCCCCC(=O)OCC(COC(=O)CCCCCCC/C=C\CCCCCCCC)CN1CCN(CCO)CC1. The van der Waals surface area contributed by atoms with Gasteiger partial charge < -0.3 is 19.5 Å². The number of carbonyl (C=O) groups excluding carboxylic acids is 2. The Morgan fingerprint density at radius 1 is 0.509 bits per heavy atom. The zero-order chi connectivity index (χ0) is 38.3. The molecule has 0 saturated carbocycles. The maximum atomic E-state index is 12.6. The van der Waals surface area contributed by atoms with E-state index in [-0.39, 0.29) is 24.5 Å². The molecule has 1 saturated heterocycles. The number of β-amino-alcohol motifs (C(OH)–C–C–N with tert-alkyl or cyclic N) is 1. The topological polar surface area (TPSA) is 79.3 Å². The Labute approximate surface area is 328 Å². The van der Waals surface area contributed by atoms with Gasteiger partial charge in [-0.15, -0.1) is 0 Å². The molecule has 0 bridgehead atoms. The van der Waals surface area contributed by atoms with Gasteiger partial charge >= 0.3 is 11.9 Å². The van der Waals surface area contributed by atoms with Crippen LogP contribution in [0.3, 0.4) is 0 Å². The molecule has 0 aliphatic carbocycles. The van der Waals surface area contributed by atoms with Gasteiger partial charge in [0, 0.05) is 58.0 Å². The monoisotopic (exact) mass is 747 g/mol. The van der Waals surface area contributed by atoms with E-state index in [1.54, 1.807) is 0 Å². The molecular formula is C46H86N2O5. The molecule has 310 valence electrons. The number of esters is 2. The Hall–Kier alpha value is -1.70. The maximum absolute atomic E-state index is 12.6. The Morgan fingerprint density at radius 2 is 0.849 bits per heavy atom. The van der Waals surface area contributed by atoms with Gasteiger partial charge in [0.15, 0.2) is 0 Å². The van der Waals surface area contributed by atoms with Gasteiger partial charge in [-0.25, -0.2) is 0 Å². The second-order valence-electron chi connectivity index (χ2n) is 15.8. The second-order valence-corrected chi connectivity index (χ2v) is 15.8. The van der Waals surface area contributed by atoms with Crippen LogP contribution in [0.5, 0.6) is 0 Å². The second kappa shape index (κ2) is 38.6. The summed E-state index contributed by atoms with van der Waals surface area (Å²) in [4.78, 5) is 29.9. The number of rotatable bonds is 38. The molecule has 0 aromatic heterocycles. The van der Waals surface area contributed by atoms with Crippen molar-refractivity contribution in [3.63, 3.8) is 0 Å². The van der Waals surface area contributed by atoms with Crippen molar-refractivity contribution < 1.29 is 24.2 Å². The molecule has 1 rings (SSSR count). The van der Waals surface area contributed by atoms with E-state index in [1.165, 1.54) is 116 Å². The third-order valence-electron chi connectivity index (χ3n) is 10.6. The first-order chi connectivity index (χ1) is 26.1. The van der Waals surface area contributed by atoms with Gasteiger partial charge in [0.05, 0.1) is 19.8 Å². The Morgan fingerprint density at radius 3 is 1.23 bits per heavy atom. The number of hydrogen-bond donors (Lipinski definition) is 1. The van der Waals surface area contributed by atoms with Crippen molar-refractivity contribution in [2.45, 2.75) is 194 Å². The first-order valence-corrected chi connectivity index (χ1v) is 22.8. The van der Waals surface area contributed by atoms with Gasteiger partial charge in [-0.05, 0) is 64.2 Å². The van der Waals surface area contributed by atoms with Crippen LogP contribution in [-0.2, 0) is 19.1 Å². The average molecular weight is 747 g/mol. The molecule has 0 radical (unpaired) electrons. The van der Waals surface area contributed by atoms with Gasteiger partial charge in [0.1, 0.15) is 0 Å². The van der Waals surface area contributed by atoms with Crippen molar-refractivity contribution in [1.29, 1.82) is 0 Å². The molecule has 1 aliphatic heterocycles. The van der Waals surface area contributed by atoms with Crippen LogP contribution in [0.1, 0.15) is 194 Å². The number of allylic oxidation sites excluding steroid dienone is 4. The van der Waals surface area contributed by atoms with Crippen molar-refractivity contribution >= 4 is 11.9 Å². The molecule has 1 fully saturated rings. The van der Waals surface area contributed by atoms with Gasteiger partial charge in [-0.3, -0.25) is 14.5 Å². The minimum absolute atomic E-state index is 0.0319. The van der Waals surface area contributed by atoms with Crippen LogP contribution < -0.4 is 0 Å². The van der Waals surface area contributed by atoms with Crippen LogP contribution in [0.25, 0.3) is 0 Å². The minimum Gasteiger partial charge on any atom is -0.465 e. The lowest BCUT2D eigenvalue weighted by atomic mass is 10.1. The summed E-state index contributed by atoms with van der Waals surface area (Å²) in [5, 5.41) is 9.28. The van der Waals surface area contributed by atoms with E-state index in [0.29, 0.717) is 32.6 Å². The van der Waals surface area contributed by atoms with E-state index in [4.69, 9.17) is 9.47 Å². The predicted octanol–water partition coefficient (Wildman–Crippen LogP) is 11.4. The summed E-state index contributed by atoms with van der Waals surface area (Å²) in [6.07, 6.45) is 42.5. The molecule has 0 aromatic rings. The number of unbranched alkanes of at least 4 members (excludes halogenated alkanes) is 22. The number of aliphatic hydroxyl groups is 1. The Bertz CT molecular complexity index is 814. The molecule has 7 nitrogen and oxygen atoms in total. The van der Waals surface area contributed by atoms with Gasteiger partial charge in [0.2, 0.25) is 0 Å². The summed E-state index contributed by atoms with van der Waals surface area (Å²) < 4.78 is 11.5. The van der Waals surface area contributed by atoms with Crippen LogP contribution in [-0.4, -0.2) is 85.9 Å². The number of hydrogen-bond acceptors (Lipinski definition) is 7. The van der Waals surface area contributed by atoms with E-state index in [9.17, 15) is 14.7 Å². The average Bonchev–Trinajstić information content (AvgIpc) is 3.16. The van der Waals surface area contributed by atoms with Crippen LogP contribution in [0.15, 0.2) is 24.3 Å². The summed E-state index contributed by atoms with van der Waals surface area (Å²) in [6.45, 7) is 10.4. The quantitative estimate of drug-likeness (QED) is 0.0383. The van der Waals surface area contributed by atoms with Crippen molar-refractivity contribution in [1.82, 2.24) is 9.80 Å². The van der Waals surface area contributed by atoms with Crippen molar-refractivity contribution in [3.8, 4) is 0 Å². The highest BCUT2D eigenvalue weighted by atomic mass is 16.5. The fourth-order valence-electron chi connectivity index (χ4n) is 7.10. The lowest BCUT2D eigenvalue weighted by Gasteiger charge is -2.36. The summed E-state index contributed by atoms with van der Waals surface area (Å²) in [5.74, 6) is -0.310. The minimum atomic E-state index is -0.139. The summed E-state index contributed by atoms with van der Waals surface area (Å²) in [7, 11) is 0. The number of piperazine rings is 1. The van der Waals surface area contributed by atoms with E-state index in [0.717, 1.165) is 84.1 Å². The largest absolute Gasteiger partial charge is 0.465 e. The van der Waals surface area contributed by atoms with Crippen molar-refractivity contribution in [3.05, 3.63) is 24.3 Å². The first kappa shape index (κ1) is 49.3. The normalized spacial score (nSPS) is 14.3. The lowest BCUT2D eigenvalue weighted by molar-refractivity contribution is -0.149. The summed E-state index contributed by atoms with van der Waals surface area (Å²) >= 11 is 0. The predicted molar refractivity (Wildman–Crippen MR) is 224 cm³/mol. The molecule has 0 unspecified atom stereocenters. The fraction of sp³-hybridized carbons (Fsp3) is 0.870. The van der Waals surface area contributed by atoms with Crippen LogP contribution in [0, 0.1) is 5.92 Å². The van der Waals surface area contributed by atoms with E-state index < -0.39 is 0 Å². The molecule has 1 heterocycles. The molecule has 1 aliphatic rings. The summed E-state index contributed by atoms with van der Waals surface area (Å²) in [5.41, 5.74) is 0. The lowest BCUT2D eigenvalue weighted by Crippen LogP contribution is -2.49. The van der Waals surface area contributed by atoms with E-state index in [2.05, 4.69) is 48.0 Å². The Balaban J connectivity index is 2.20. The molecule has 0 atom stereocenters. The fourth-order valence-corrected chi connectivity index (χ4v) is 7.10. The third-order valence-corrected chi connectivity index (χ3v) is 10.6. The number of nitrogens with zero attached hydrogens (tertiary/aromatic N) is 2. The highest BCUT2D eigenvalue weighted by Crippen LogP contribution is 2.14.